The first kappa shape index (κ1) is 21.3. The Morgan fingerprint density at radius 1 is 1.12 bits per heavy atom. The normalized spacial score (nSPS) is 10.6. The predicted octanol–water partition coefficient (Wildman–Crippen LogP) is 5.81. The van der Waals surface area contributed by atoms with Crippen LogP contribution in [0.2, 0.25) is 0 Å². The van der Waals surface area contributed by atoms with E-state index < -0.39 is 0 Å². The lowest BCUT2D eigenvalue weighted by Gasteiger charge is -2.10. The van der Waals surface area contributed by atoms with Gasteiger partial charge in [0.1, 0.15) is 0 Å². The van der Waals surface area contributed by atoms with Crippen LogP contribution < -0.4 is 5.32 Å². The standard InChI is InChI=1S/C12H21N.2C2H6/c1-6-8-10(3)12(5)13-11(4)9-7-2;2*1-2/h6,8,13H,4,7,9H2,1-3,5H3;2*1-2H3/b8-6-,12-10+;;. The second-order valence-corrected chi connectivity index (χ2v) is 3.29. The van der Waals surface area contributed by atoms with Gasteiger partial charge in [0, 0.05) is 11.4 Å². The molecule has 0 aromatic rings. The van der Waals surface area contributed by atoms with Crippen molar-refractivity contribution in [3.8, 4) is 0 Å². The second kappa shape index (κ2) is 17.4. The van der Waals surface area contributed by atoms with Gasteiger partial charge in [-0.05, 0) is 32.8 Å². The van der Waals surface area contributed by atoms with Crippen molar-refractivity contribution in [3.63, 3.8) is 0 Å². The number of hydrogen-bond acceptors (Lipinski definition) is 1. The fourth-order valence-electron chi connectivity index (χ4n) is 1.10. The van der Waals surface area contributed by atoms with Crippen molar-refractivity contribution < 1.29 is 0 Å². The molecule has 0 heterocycles. The molecule has 0 radical (unpaired) electrons. The van der Waals surface area contributed by atoms with Crippen molar-refractivity contribution in [2.45, 2.75) is 68.2 Å². The molecule has 0 aliphatic rings. The molecule has 17 heavy (non-hydrogen) atoms. The van der Waals surface area contributed by atoms with E-state index in [9.17, 15) is 0 Å². The first-order chi connectivity index (χ1) is 8.11. The summed E-state index contributed by atoms with van der Waals surface area (Å²) in [5.41, 5.74) is 3.56. The Kier molecular flexibility index (Phi) is 21.8. The summed E-state index contributed by atoms with van der Waals surface area (Å²) in [6.07, 6.45) is 6.33. The average molecular weight is 239 g/mol. The van der Waals surface area contributed by atoms with Crippen LogP contribution in [0, 0.1) is 0 Å². The summed E-state index contributed by atoms with van der Waals surface area (Å²) in [5, 5.41) is 3.30. The lowest BCUT2D eigenvalue weighted by atomic mass is 10.2. The van der Waals surface area contributed by atoms with Crippen molar-refractivity contribution in [1.82, 2.24) is 5.32 Å². The molecule has 0 aromatic heterocycles. The summed E-state index contributed by atoms with van der Waals surface area (Å²) in [5.74, 6) is 0. The highest BCUT2D eigenvalue weighted by Crippen LogP contribution is 2.06. The van der Waals surface area contributed by atoms with Crippen LogP contribution in [-0.2, 0) is 0 Å². The molecule has 1 nitrogen and oxygen atoms in total. The largest absolute Gasteiger partial charge is 0.363 e. The van der Waals surface area contributed by atoms with Gasteiger partial charge in [0.05, 0.1) is 0 Å². The molecular formula is C16H33N. The molecule has 0 aromatic carbocycles. The number of nitrogens with one attached hydrogen (secondary N) is 1. The van der Waals surface area contributed by atoms with Crippen molar-refractivity contribution >= 4 is 0 Å². The summed E-state index contributed by atoms with van der Waals surface area (Å²) in [6, 6.07) is 0. The third kappa shape index (κ3) is 15.0. The minimum absolute atomic E-state index is 1.04. The second-order valence-electron chi connectivity index (χ2n) is 3.29. The Morgan fingerprint density at radius 3 is 1.94 bits per heavy atom. The van der Waals surface area contributed by atoms with E-state index in [0.29, 0.717) is 0 Å². The van der Waals surface area contributed by atoms with Crippen molar-refractivity contribution in [1.29, 1.82) is 0 Å². The van der Waals surface area contributed by atoms with Gasteiger partial charge in [-0.15, -0.1) is 0 Å². The molecule has 0 saturated carbocycles. The Hall–Kier alpha value is -0.980. The summed E-state index contributed by atoms with van der Waals surface area (Å²) in [6.45, 7) is 20.3. The quantitative estimate of drug-likeness (QED) is 0.597. The van der Waals surface area contributed by atoms with E-state index in [1.807, 2.05) is 40.7 Å². The van der Waals surface area contributed by atoms with Gasteiger partial charge in [0.2, 0.25) is 0 Å². The van der Waals surface area contributed by atoms with Gasteiger partial charge in [-0.1, -0.05) is 59.8 Å². The van der Waals surface area contributed by atoms with Gasteiger partial charge in [-0.25, -0.2) is 0 Å². The minimum atomic E-state index is 1.04. The first-order valence-electron chi connectivity index (χ1n) is 6.86. The summed E-state index contributed by atoms with van der Waals surface area (Å²) >= 11 is 0. The number of hydrogen-bond donors (Lipinski definition) is 1. The third-order valence-corrected chi connectivity index (χ3v) is 1.92. The van der Waals surface area contributed by atoms with E-state index in [1.54, 1.807) is 0 Å². The molecule has 1 N–H and O–H groups in total. The molecule has 0 saturated heterocycles. The smallest absolute Gasteiger partial charge is 0.0146 e. The molecule has 0 aliphatic carbocycles. The molecule has 0 unspecified atom stereocenters. The molecular weight excluding hydrogens is 206 g/mol. The van der Waals surface area contributed by atoms with Gasteiger partial charge < -0.3 is 5.32 Å². The number of rotatable bonds is 5. The minimum Gasteiger partial charge on any atom is -0.363 e. The molecule has 0 amide bonds. The molecule has 0 spiro atoms. The van der Waals surface area contributed by atoms with Crippen LogP contribution in [0.1, 0.15) is 68.2 Å². The van der Waals surface area contributed by atoms with Gasteiger partial charge in [0.25, 0.3) is 0 Å². The van der Waals surface area contributed by atoms with E-state index in [0.717, 1.165) is 18.5 Å². The van der Waals surface area contributed by atoms with Crippen LogP contribution in [0.5, 0.6) is 0 Å². The molecule has 1 heteroatoms. The van der Waals surface area contributed by atoms with Crippen LogP contribution in [0.25, 0.3) is 0 Å². The zero-order valence-electron chi connectivity index (χ0n) is 13.3. The highest BCUT2D eigenvalue weighted by molar-refractivity contribution is 5.23. The molecule has 102 valence electrons. The topological polar surface area (TPSA) is 12.0 Å². The van der Waals surface area contributed by atoms with Gasteiger partial charge >= 0.3 is 0 Å². The van der Waals surface area contributed by atoms with Crippen LogP contribution >= 0.6 is 0 Å². The van der Waals surface area contributed by atoms with Crippen LogP contribution in [0.15, 0.2) is 35.7 Å². The Bertz CT molecular complexity index is 222. The number of allylic oxidation sites excluding steroid dienone is 5. The Labute approximate surface area is 110 Å². The zero-order chi connectivity index (χ0) is 14.3. The van der Waals surface area contributed by atoms with E-state index in [-0.39, 0.29) is 0 Å². The van der Waals surface area contributed by atoms with E-state index >= 15 is 0 Å². The summed E-state index contributed by atoms with van der Waals surface area (Å²) in [4.78, 5) is 0. The molecule has 0 aliphatic heterocycles. The lowest BCUT2D eigenvalue weighted by Crippen LogP contribution is -2.10. The van der Waals surface area contributed by atoms with Gasteiger partial charge in [0.15, 0.2) is 0 Å². The van der Waals surface area contributed by atoms with Crippen LogP contribution in [0.3, 0.4) is 0 Å². The third-order valence-electron chi connectivity index (χ3n) is 1.92. The van der Waals surface area contributed by atoms with E-state index in [4.69, 9.17) is 0 Å². The maximum absolute atomic E-state index is 3.96. The summed E-state index contributed by atoms with van der Waals surface area (Å²) < 4.78 is 0. The SMILES string of the molecule is C=C(CCC)N/C(C)=C(C)/C=C\C.CC.CC. The van der Waals surface area contributed by atoms with Crippen LogP contribution in [0.4, 0.5) is 0 Å². The zero-order valence-corrected chi connectivity index (χ0v) is 13.3. The molecule has 0 fully saturated rings. The highest BCUT2D eigenvalue weighted by Gasteiger charge is 1.95. The average Bonchev–Trinajstić information content (AvgIpc) is 2.34. The molecule has 0 rings (SSSR count). The van der Waals surface area contributed by atoms with E-state index in [2.05, 4.69) is 38.7 Å². The maximum Gasteiger partial charge on any atom is 0.0146 e. The van der Waals surface area contributed by atoms with E-state index in [1.165, 1.54) is 11.3 Å². The fraction of sp³-hybridized carbons (Fsp3) is 0.625. The Morgan fingerprint density at radius 2 is 1.59 bits per heavy atom. The Balaban J connectivity index is -0.000000439. The van der Waals surface area contributed by atoms with Crippen molar-refractivity contribution in [2.75, 3.05) is 0 Å². The van der Waals surface area contributed by atoms with Gasteiger partial charge in [-0.2, -0.15) is 0 Å². The fourth-order valence-corrected chi connectivity index (χ4v) is 1.10. The lowest BCUT2D eigenvalue weighted by molar-refractivity contribution is 0.813. The van der Waals surface area contributed by atoms with Gasteiger partial charge in [-0.3, -0.25) is 0 Å². The highest BCUT2D eigenvalue weighted by atomic mass is 14.9. The monoisotopic (exact) mass is 239 g/mol. The summed E-state index contributed by atoms with van der Waals surface area (Å²) in [7, 11) is 0. The van der Waals surface area contributed by atoms with Crippen LogP contribution in [-0.4, -0.2) is 0 Å². The molecule has 0 atom stereocenters. The predicted molar refractivity (Wildman–Crippen MR) is 83.1 cm³/mol. The van der Waals surface area contributed by atoms with Crippen molar-refractivity contribution in [2.24, 2.45) is 0 Å². The maximum atomic E-state index is 3.96. The van der Waals surface area contributed by atoms with Crippen molar-refractivity contribution in [3.05, 3.63) is 35.7 Å². The molecule has 0 bridgehead atoms. The first-order valence-corrected chi connectivity index (χ1v) is 6.86.